The first-order valence-electron chi connectivity index (χ1n) is 5.77. The average molecular weight is 257 g/mol. The molecule has 1 aromatic heterocycles. The molecule has 0 amide bonds. The second kappa shape index (κ2) is 4.17. The first-order valence-corrected chi connectivity index (χ1v) is 6.53. The van der Waals surface area contributed by atoms with E-state index < -0.39 is 0 Å². The lowest BCUT2D eigenvalue weighted by molar-refractivity contribution is 0.205. The summed E-state index contributed by atoms with van der Waals surface area (Å²) in [5, 5.41) is 1.02. The number of pyridine rings is 1. The molecule has 16 heavy (non-hydrogen) atoms. The van der Waals surface area contributed by atoms with E-state index in [9.17, 15) is 0 Å². The lowest BCUT2D eigenvalue weighted by atomic mass is 10.1. The Balaban J connectivity index is 1.74. The maximum Gasteiger partial charge on any atom is 0.135 e. The summed E-state index contributed by atoms with van der Waals surface area (Å²) in [5.74, 6) is 0.920. The third-order valence-electron chi connectivity index (χ3n) is 3.79. The normalized spacial score (nSPS) is 28.9. The second-order valence-corrected chi connectivity index (χ2v) is 5.59. The van der Waals surface area contributed by atoms with Gasteiger partial charge >= 0.3 is 0 Å². The Morgan fingerprint density at radius 3 is 2.81 bits per heavy atom. The molecule has 0 aromatic carbocycles. The minimum Gasteiger partial charge on any atom is -0.296 e. The van der Waals surface area contributed by atoms with E-state index in [0.29, 0.717) is 10.3 Å². The van der Waals surface area contributed by atoms with Crippen LogP contribution in [0.3, 0.4) is 0 Å². The van der Waals surface area contributed by atoms with Gasteiger partial charge in [0, 0.05) is 24.7 Å². The zero-order valence-corrected chi connectivity index (χ0v) is 10.5. The van der Waals surface area contributed by atoms with Gasteiger partial charge in [0.05, 0.1) is 0 Å². The first-order chi connectivity index (χ1) is 7.72. The minimum absolute atomic E-state index is 0.469. The molecule has 2 bridgehead atoms. The van der Waals surface area contributed by atoms with Crippen LogP contribution < -0.4 is 0 Å². The van der Waals surface area contributed by atoms with Gasteiger partial charge < -0.3 is 0 Å². The zero-order valence-electron chi connectivity index (χ0n) is 9.00. The van der Waals surface area contributed by atoms with Gasteiger partial charge in [0.25, 0.3) is 0 Å². The van der Waals surface area contributed by atoms with E-state index in [2.05, 4.69) is 9.88 Å². The number of aromatic nitrogens is 1. The summed E-state index contributed by atoms with van der Waals surface area (Å²) >= 11 is 11.9. The smallest absolute Gasteiger partial charge is 0.135 e. The van der Waals surface area contributed by atoms with Crippen molar-refractivity contribution in [3.8, 4) is 0 Å². The van der Waals surface area contributed by atoms with Crippen LogP contribution in [-0.2, 0) is 6.54 Å². The van der Waals surface area contributed by atoms with Crippen LogP contribution in [0.2, 0.25) is 10.3 Å². The summed E-state index contributed by atoms with van der Waals surface area (Å²) in [4.78, 5) is 6.61. The molecule has 1 saturated carbocycles. The van der Waals surface area contributed by atoms with Crippen LogP contribution in [-0.4, -0.2) is 22.5 Å². The fourth-order valence-electron chi connectivity index (χ4n) is 3.00. The molecule has 3 rings (SSSR count). The number of hydrogen-bond acceptors (Lipinski definition) is 2. The molecule has 86 valence electrons. The molecule has 0 spiro atoms. The van der Waals surface area contributed by atoms with Crippen LogP contribution >= 0.6 is 23.2 Å². The van der Waals surface area contributed by atoms with Gasteiger partial charge in [0.1, 0.15) is 10.3 Å². The Bertz CT molecular complexity index is 408. The first kappa shape index (κ1) is 10.8. The molecule has 2 unspecified atom stereocenters. The molecular weight excluding hydrogens is 243 g/mol. The Kier molecular flexibility index (Phi) is 2.82. The molecule has 2 atom stereocenters. The third-order valence-corrected chi connectivity index (χ3v) is 4.33. The molecule has 4 heteroatoms. The van der Waals surface area contributed by atoms with E-state index in [0.717, 1.165) is 24.1 Å². The van der Waals surface area contributed by atoms with E-state index in [1.807, 2.05) is 12.1 Å². The quantitative estimate of drug-likeness (QED) is 0.755. The fraction of sp³-hybridized carbons (Fsp3) is 0.583. The third kappa shape index (κ3) is 1.94. The average Bonchev–Trinajstić information content (AvgIpc) is 2.84. The SMILES string of the molecule is Clc1ccc(CN2CC3CCC2C3)c(Cl)n1. The van der Waals surface area contributed by atoms with E-state index in [1.165, 1.54) is 25.8 Å². The predicted octanol–water partition coefficient (Wildman–Crippen LogP) is 3.37. The van der Waals surface area contributed by atoms with Crippen molar-refractivity contribution in [2.45, 2.75) is 31.8 Å². The van der Waals surface area contributed by atoms with Crippen molar-refractivity contribution in [3.05, 3.63) is 28.0 Å². The fourth-order valence-corrected chi connectivity index (χ4v) is 3.40. The van der Waals surface area contributed by atoms with Crippen molar-refractivity contribution in [1.82, 2.24) is 9.88 Å². The zero-order chi connectivity index (χ0) is 11.1. The van der Waals surface area contributed by atoms with Gasteiger partial charge in [-0.2, -0.15) is 0 Å². The van der Waals surface area contributed by atoms with Crippen molar-refractivity contribution < 1.29 is 0 Å². The highest BCUT2D eigenvalue weighted by molar-refractivity contribution is 6.32. The molecule has 2 fully saturated rings. The van der Waals surface area contributed by atoms with Gasteiger partial charge in [-0.05, 0) is 31.2 Å². The summed E-state index contributed by atoms with van der Waals surface area (Å²) < 4.78 is 0. The Morgan fingerprint density at radius 2 is 2.19 bits per heavy atom. The highest BCUT2D eigenvalue weighted by Gasteiger charge is 2.37. The summed E-state index contributed by atoms with van der Waals surface area (Å²) in [7, 11) is 0. The summed E-state index contributed by atoms with van der Waals surface area (Å²) in [6.45, 7) is 2.15. The van der Waals surface area contributed by atoms with Gasteiger partial charge in [0.15, 0.2) is 0 Å². The summed E-state index contributed by atoms with van der Waals surface area (Å²) in [6.07, 6.45) is 4.13. The standard InChI is InChI=1S/C12H14Cl2N2/c13-11-4-2-9(12(14)15-11)7-16-6-8-1-3-10(16)5-8/h2,4,8,10H,1,3,5-7H2. The number of rotatable bonds is 2. The summed E-state index contributed by atoms with van der Waals surface area (Å²) in [5.41, 5.74) is 1.10. The largest absolute Gasteiger partial charge is 0.296 e. The van der Waals surface area contributed by atoms with E-state index in [1.54, 1.807) is 0 Å². The van der Waals surface area contributed by atoms with Crippen molar-refractivity contribution in [2.75, 3.05) is 6.54 Å². The Morgan fingerprint density at radius 1 is 1.31 bits per heavy atom. The van der Waals surface area contributed by atoms with Crippen molar-refractivity contribution >= 4 is 23.2 Å². The maximum absolute atomic E-state index is 6.09. The number of likely N-dealkylation sites (tertiary alicyclic amines) is 1. The van der Waals surface area contributed by atoms with Crippen LogP contribution in [0.1, 0.15) is 24.8 Å². The lowest BCUT2D eigenvalue weighted by Gasteiger charge is -2.26. The maximum atomic E-state index is 6.09. The number of piperidine rings is 1. The lowest BCUT2D eigenvalue weighted by Crippen LogP contribution is -2.31. The molecule has 0 N–H and O–H groups in total. The molecule has 1 aliphatic heterocycles. The van der Waals surface area contributed by atoms with Gasteiger partial charge in [-0.3, -0.25) is 4.90 Å². The molecule has 2 heterocycles. The highest BCUT2D eigenvalue weighted by atomic mass is 35.5. The minimum atomic E-state index is 0.469. The van der Waals surface area contributed by atoms with E-state index >= 15 is 0 Å². The molecule has 1 saturated heterocycles. The van der Waals surface area contributed by atoms with Crippen LogP contribution in [0.5, 0.6) is 0 Å². The topological polar surface area (TPSA) is 16.1 Å². The number of fused-ring (bicyclic) bond motifs is 2. The van der Waals surface area contributed by atoms with Crippen LogP contribution in [0.15, 0.2) is 12.1 Å². The van der Waals surface area contributed by atoms with Crippen LogP contribution in [0.25, 0.3) is 0 Å². The van der Waals surface area contributed by atoms with Gasteiger partial charge in [-0.1, -0.05) is 29.3 Å². The predicted molar refractivity (Wildman–Crippen MR) is 65.8 cm³/mol. The molecule has 1 aromatic rings. The highest BCUT2D eigenvalue weighted by Crippen LogP contribution is 2.38. The molecule has 1 aliphatic carbocycles. The van der Waals surface area contributed by atoms with Gasteiger partial charge in [-0.25, -0.2) is 4.98 Å². The van der Waals surface area contributed by atoms with Gasteiger partial charge in [-0.15, -0.1) is 0 Å². The van der Waals surface area contributed by atoms with Gasteiger partial charge in [0.2, 0.25) is 0 Å². The summed E-state index contributed by atoms with van der Waals surface area (Å²) in [6, 6.07) is 4.58. The second-order valence-electron chi connectivity index (χ2n) is 4.85. The molecule has 0 radical (unpaired) electrons. The van der Waals surface area contributed by atoms with E-state index in [4.69, 9.17) is 23.2 Å². The van der Waals surface area contributed by atoms with Crippen molar-refractivity contribution in [1.29, 1.82) is 0 Å². The van der Waals surface area contributed by atoms with Crippen molar-refractivity contribution in [2.24, 2.45) is 5.92 Å². The monoisotopic (exact) mass is 256 g/mol. The number of halogens is 2. The molecular formula is C12H14Cl2N2. The van der Waals surface area contributed by atoms with E-state index in [-0.39, 0.29) is 0 Å². The molecule has 2 nitrogen and oxygen atoms in total. The van der Waals surface area contributed by atoms with Crippen LogP contribution in [0, 0.1) is 5.92 Å². The Labute approximate surface area is 106 Å². The molecule has 2 aliphatic rings. The Hall–Kier alpha value is -0.310. The number of hydrogen-bond donors (Lipinski definition) is 0. The van der Waals surface area contributed by atoms with Crippen LogP contribution in [0.4, 0.5) is 0 Å². The number of nitrogens with zero attached hydrogens (tertiary/aromatic N) is 2. The van der Waals surface area contributed by atoms with Crippen molar-refractivity contribution in [3.63, 3.8) is 0 Å².